The zero-order chi connectivity index (χ0) is 14.4. The third kappa shape index (κ3) is 4.84. The molecule has 1 aliphatic rings. The molecule has 19 heavy (non-hydrogen) atoms. The van der Waals surface area contributed by atoms with Crippen molar-refractivity contribution >= 4 is 11.9 Å². The van der Waals surface area contributed by atoms with Crippen molar-refractivity contribution < 1.29 is 14.3 Å². The quantitative estimate of drug-likeness (QED) is 0.780. The Bertz CT molecular complexity index is 315. The minimum absolute atomic E-state index is 0.0115. The first-order valence-corrected chi connectivity index (χ1v) is 7.39. The van der Waals surface area contributed by atoms with E-state index in [0.29, 0.717) is 24.4 Å². The lowest BCUT2D eigenvalue weighted by Crippen LogP contribution is -2.42. The molecule has 0 aliphatic heterocycles. The Balaban J connectivity index is 2.53. The molecule has 1 fully saturated rings. The predicted molar refractivity (Wildman–Crippen MR) is 74.5 cm³/mol. The fourth-order valence-electron chi connectivity index (χ4n) is 3.01. The SMILES string of the molecule is CCOC(=O)CNC(=O)C1C[C@H](C)CC[C@H]1C(C)C. The van der Waals surface area contributed by atoms with E-state index in [2.05, 4.69) is 26.1 Å². The molecule has 0 heterocycles. The van der Waals surface area contributed by atoms with Crippen LogP contribution < -0.4 is 5.32 Å². The minimum atomic E-state index is -0.360. The topological polar surface area (TPSA) is 55.4 Å². The summed E-state index contributed by atoms with van der Waals surface area (Å²) in [6.45, 7) is 8.64. The number of carbonyl (C=O) groups excluding carboxylic acids is 2. The smallest absolute Gasteiger partial charge is 0.325 e. The van der Waals surface area contributed by atoms with Crippen LogP contribution >= 0.6 is 0 Å². The van der Waals surface area contributed by atoms with Crippen molar-refractivity contribution in [1.82, 2.24) is 5.32 Å². The number of carbonyl (C=O) groups is 2. The summed E-state index contributed by atoms with van der Waals surface area (Å²) >= 11 is 0. The second kappa shape index (κ2) is 7.51. The first kappa shape index (κ1) is 16.0. The van der Waals surface area contributed by atoms with E-state index in [4.69, 9.17) is 4.74 Å². The Morgan fingerprint density at radius 1 is 1.32 bits per heavy atom. The number of amides is 1. The van der Waals surface area contributed by atoms with Crippen LogP contribution in [0.5, 0.6) is 0 Å². The summed E-state index contributed by atoms with van der Waals surface area (Å²) in [6, 6.07) is 0. The average molecular weight is 269 g/mol. The van der Waals surface area contributed by atoms with Gasteiger partial charge in [0.25, 0.3) is 0 Å². The van der Waals surface area contributed by atoms with Crippen molar-refractivity contribution in [2.24, 2.45) is 23.7 Å². The zero-order valence-corrected chi connectivity index (χ0v) is 12.6. The predicted octanol–water partition coefficient (Wildman–Crippen LogP) is 2.37. The van der Waals surface area contributed by atoms with Gasteiger partial charge in [-0.3, -0.25) is 9.59 Å². The van der Waals surface area contributed by atoms with Gasteiger partial charge in [0, 0.05) is 5.92 Å². The first-order chi connectivity index (χ1) is 8.95. The Hall–Kier alpha value is -1.06. The molecule has 4 nitrogen and oxygen atoms in total. The number of hydrogen-bond acceptors (Lipinski definition) is 3. The molecule has 0 spiro atoms. The molecule has 1 aliphatic carbocycles. The van der Waals surface area contributed by atoms with Crippen molar-refractivity contribution in [3.63, 3.8) is 0 Å². The maximum absolute atomic E-state index is 12.2. The normalized spacial score (nSPS) is 27.1. The number of esters is 1. The van der Waals surface area contributed by atoms with Gasteiger partial charge in [-0.2, -0.15) is 0 Å². The highest BCUT2D eigenvalue weighted by Crippen LogP contribution is 2.37. The van der Waals surface area contributed by atoms with Gasteiger partial charge < -0.3 is 10.1 Å². The van der Waals surface area contributed by atoms with Crippen molar-refractivity contribution in [3.8, 4) is 0 Å². The van der Waals surface area contributed by atoms with Gasteiger partial charge >= 0.3 is 5.97 Å². The van der Waals surface area contributed by atoms with E-state index in [9.17, 15) is 9.59 Å². The number of hydrogen-bond donors (Lipinski definition) is 1. The summed E-state index contributed by atoms with van der Waals surface area (Å²) in [6.07, 6.45) is 3.23. The Morgan fingerprint density at radius 2 is 2.00 bits per heavy atom. The van der Waals surface area contributed by atoms with Crippen LogP contribution in [0.1, 0.15) is 47.0 Å². The lowest BCUT2D eigenvalue weighted by atomic mass is 9.70. The minimum Gasteiger partial charge on any atom is -0.465 e. The maximum Gasteiger partial charge on any atom is 0.325 e. The third-order valence-corrected chi connectivity index (χ3v) is 4.07. The van der Waals surface area contributed by atoms with Crippen LogP contribution in [0.3, 0.4) is 0 Å². The highest BCUT2D eigenvalue weighted by atomic mass is 16.5. The Labute approximate surface area is 116 Å². The van der Waals surface area contributed by atoms with Gasteiger partial charge in [-0.05, 0) is 37.5 Å². The van der Waals surface area contributed by atoms with Crippen molar-refractivity contribution in [2.75, 3.05) is 13.2 Å². The molecule has 0 aromatic rings. The van der Waals surface area contributed by atoms with Crippen LogP contribution in [-0.4, -0.2) is 25.0 Å². The van der Waals surface area contributed by atoms with Crippen LogP contribution in [-0.2, 0) is 14.3 Å². The molecule has 1 saturated carbocycles. The van der Waals surface area contributed by atoms with Gasteiger partial charge in [-0.15, -0.1) is 0 Å². The van der Waals surface area contributed by atoms with E-state index in [-0.39, 0.29) is 24.3 Å². The molecule has 0 aromatic carbocycles. The largest absolute Gasteiger partial charge is 0.465 e. The van der Waals surface area contributed by atoms with Crippen LogP contribution in [0.4, 0.5) is 0 Å². The van der Waals surface area contributed by atoms with Gasteiger partial charge in [0.15, 0.2) is 0 Å². The van der Waals surface area contributed by atoms with E-state index in [1.54, 1.807) is 6.92 Å². The number of rotatable bonds is 5. The lowest BCUT2D eigenvalue weighted by Gasteiger charge is -2.36. The number of ether oxygens (including phenoxy) is 1. The molecule has 4 heteroatoms. The van der Waals surface area contributed by atoms with Crippen LogP contribution in [0, 0.1) is 23.7 Å². The van der Waals surface area contributed by atoms with E-state index in [1.807, 2.05) is 0 Å². The standard InChI is InChI=1S/C15H27NO3/c1-5-19-14(17)9-16-15(18)13-8-11(4)6-7-12(13)10(2)3/h10-13H,5-9H2,1-4H3,(H,16,18)/t11-,12+,13?/m1/s1. The second-order valence-corrected chi connectivity index (χ2v) is 5.96. The van der Waals surface area contributed by atoms with Gasteiger partial charge in [-0.25, -0.2) is 0 Å². The Morgan fingerprint density at radius 3 is 2.58 bits per heavy atom. The molecule has 0 saturated heterocycles. The summed E-state index contributed by atoms with van der Waals surface area (Å²) in [5, 5.41) is 2.73. The monoisotopic (exact) mass is 269 g/mol. The fraction of sp³-hybridized carbons (Fsp3) is 0.867. The number of nitrogens with one attached hydrogen (secondary N) is 1. The molecular formula is C15H27NO3. The molecule has 1 unspecified atom stereocenters. The molecule has 0 aromatic heterocycles. The molecule has 0 radical (unpaired) electrons. The van der Waals surface area contributed by atoms with Crippen LogP contribution in [0.15, 0.2) is 0 Å². The highest BCUT2D eigenvalue weighted by Gasteiger charge is 2.35. The van der Waals surface area contributed by atoms with E-state index in [1.165, 1.54) is 6.42 Å². The maximum atomic E-state index is 12.2. The average Bonchev–Trinajstić information content (AvgIpc) is 2.35. The van der Waals surface area contributed by atoms with Gasteiger partial charge in [0.2, 0.25) is 5.91 Å². The summed E-state index contributed by atoms with van der Waals surface area (Å²) in [4.78, 5) is 23.5. The van der Waals surface area contributed by atoms with Gasteiger partial charge in [0.1, 0.15) is 6.54 Å². The highest BCUT2D eigenvalue weighted by molar-refractivity contribution is 5.83. The molecule has 110 valence electrons. The van der Waals surface area contributed by atoms with Crippen molar-refractivity contribution in [3.05, 3.63) is 0 Å². The van der Waals surface area contributed by atoms with Crippen molar-refractivity contribution in [1.29, 1.82) is 0 Å². The molecule has 1 N–H and O–H groups in total. The Kier molecular flexibility index (Phi) is 6.32. The summed E-state index contributed by atoms with van der Waals surface area (Å²) in [5.74, 6) is 1.22. The summed E-state index contributed by atoms with van der Waals surface area (Å²) in [7, 11) is 0. The van der Waals surface area contributed by atoms with E-state index in [0.717, 1.165) is 12.8 Å². The van der Waals surface area contributed by atoms with Gasteiger partial charge in [0.05, 0.1) is 6.61 Å². The van der Waals surface area contributed by atoms with E-state index < -0.39 is 0 Å². The summed E-state index contributed by atoms with van der Waals surface area (Å²) < 4.78 is 4.82. The third-order valence-electron chi connectivity index (χ3n) is 4.07. The molecule has 0 bridgehead atoms. The zero-order valence-electron chi connectivity index (χ0n) is 12.6. The molecular weight excluding hydrogens is 242 g/mol. The lowest BCUT2D eigenvalue weighted by molar-refractivity contribution is -0.144. The van der Waals surface area contributed by atoms with E-state index >= 15 is 0 Å². The molecule has 1 amide bonds. The summed E-state index contributed by atoms with van der Waals surface area (Å²) in [5.41, 5.74) is 0. The van der Waals surface area contributed by atoms with Crippen LogP contribution in [0.2, 0.25) is 0 Å². The molecule has 3 atom stereocenters. The molecule has 1 rings (SSSR count). The van der Waals surface area contributed by atoms with Gasteiger partial charge in [-0.1, -0.05) is 27.2 Å². The second-order valence-electron chi connectivity index (χ2n) is 5.96. The van der Waals surface area contributed by atoms with Crippen LogP contribution in [0.25, 0.3) is 0 Å². The van der Waals surface area contributed by atoms with Crippen molar-refractivity contribution in [2.45, 2.75) is 47.0 Å². The fourth-order valence-corrected chi connectivity index (χ4v) is 3.01. The first-order valence-electron chi connectivity index (χ1n) is 7.39.